The van der Waals surface area contributed by atoms with Crippen LogP contribution >= 0.6 is 11.8 Å². The first-order chi connectivity index (χ1) is 14.5. The molecule has 1 amide bonds. The van der Waals surface area contributed by atoms with Crippen molar-refractivity contribution in [3.05, 3.63) is 26.7 Å². The molecule has 0 aliphatic rings. The third kappa shape index (κ3) is 5.93. The molecule has 0 saturated heterocycles. The second-order valence-corrected chi connectivity index (χ2v) is 9.02. The van der Waals surface area contributed by atoms with E-state index in [1.54, 1.807) is 14.0 Å². The highest BCUT2D eigenvalue weighted by molar-refractivity contribution is 8.00. The van der Waals surface area contributed by atoms with E-state index >= 15 is 0 Å². The molecule has 2 aromatic heterocycles. The molecule has 0 atom stereocenters. The molecule has 170 valence electrons. The number of aromatic nitrogens is 4. The van der Waals surface area contributed by atoms with Gasteiger partial charge in [0.15, 0.2) is 5.65 Å². The Hall–Kier alpha value is -2.69. The molecule has 0 saturated carbocycles. The highest BCUT2D eigenvalue weighted by Crippen LogP contribution is 2.26. The number of nitrogens with zero attached hydrogens (tertiary/aromatic N) is 4. The van der Waals surface area contributed by atoms with Crippen LogP contribution in [0.3, 0.4) is 0 Å². The Morgan fingerprint density at radius 2 is 1.81 bits per heavy atom. The molecule has 0 aromatic carbocycles. The third-order valence-corrected chi connectivity index (χ3v) is 5.44. The lowest BCUT2D eigenvalue weighted by atomic mass is 9.96. The van der Waals surface area contributed by atoms with Gasteiger partial charge >= 0.3 is 11.7 Å². The molecule has 0 unspecified atom stereocenters. The summed E-state index contributed by atoms with van der Waals surface area (Å²) in [6, 6.07) is 0. The van der Waals surface area contributed by atoms with Gasteiger partial charge in [-0.3, -0.25) is 23.5 Å². The number of ether oxygens (including phenoxy) is 1. The van der Waals surface area contributed by atoms with Gasteiger partial charge in [0, 0.05) is 32.5 Å². The molecule has 2 rings (SSSR count). The first kappa shape index (κ1) is 24.6. The van der Waals surface area contributed by atoms with E-state index in [4.69, 9.17) is 4.74 Å². The first-order valence-electron chi connectivity index (χ1n) is 10.0. The van der Waals surface area contributed by atoms with Crippen LogP contribution in [0.1, 0.15) is 46.4 Å². The number of rotatable bonds is 8. The van der Waals surface area contributed by atoms with Crippen LogP contribution in [0.4, 0.5) is 0 Å². The molecule has 0 spiro atoms. The maximum absolute atomic E-state index is 12.8. The lowest BCUT2D eigenvalue weighted by Crippen LogP contribution is -2.38. The average Bonchev–Trinajstić information content (AvgIpc) is 2.71. The SMILES string of the molecule is CCOC(=O)CCCNC(=O)CSc1nc(C(C)(C)C)nc2c1c(=O)n(C)c(=O)n2C. The van der Waals surface area contributed by atoms with Crippen molar-refractivity contribution in [1.29, 1.82) is 0 Å². The fourth-order valence-electron chi connectivity index (χ4n) is 2.75. The quantitative estimate of drug-likeness (QED) is 0.271. The summed E-state index contributed by atoms with van der Waals surface area (Å²) in [5.41, 5.74) is -1.16. The van der Waals surface area contributed by atoms with Gasteiger partial charge in [-0.15, -0.1) is 0 Å². The summed E-state index contributed by atoms with van der Waals surface area (Å²) in [5.74, 6) is -0.0453. The highest BCUT2D eigenvalue weighted by atomic mass is 32.2. The summed E-state index contributed by atoms with van der Waals surface area (Å²) >= 11 is 1.11. The van der Waals surface area contributed by atoms with Crippen molar-refractivity contribution in [2.24, 2.45) is 14.1 Å². The average molecular weight is 452 g/mol. The van der Waals surface area contributed by atoms with Crippen LogP contribution in [0.2, 0.25) is 0 Å². The van der Waals surface area contributed by atoms with E-state index in [-0.39, 0.29) is 35.1 Å². The van der Waals surface area contributed by atoms with Crippen molar-refractivity contribution >= 4 is 34.7 Å². The van der Waals surface area contributed by atoms with Crippen LogP contribution in [0, 0.1) is 0 Å². The Balaban J connectivity index is 2.24. The predicted molar refractivity (Wildman–Crippen MR) is 118 cm³/mol. The highest BCUT2D eigenvalue weighted by Gasteiger charge is 2.24. The number of esters is 1. The minimum absolute atomic E-state index is 0.0289. The Kier molecular flexibility index (Phi) is 7.99. The van der Waals surface area contributed by atoms with Crippen molar-refractivity contribution in [3.63, 3.8) is 0 Å². The molecule has 0 aliphatic heterocycles. The van der Waals surface area contributed by atoms with Gasteiger partial charge in [0.1, 0.15) is 16.2 Å². The molecule has 2 aromatic rings. The first-order valence-corrected chi connectivity index (χ1v) is 11.0. The van der Waals surface area contributed by atoms with Crippen LogP contribution in [0.15, 0.2) is 14.6 Å². The van der Waals surface area contributed by atoms with Gasteiger partial charge in [0.05, 0.1) is 12.4 Å². The summed E-state index contributed by atoms with van der Waals surface area (Å²) < 4.78 is 7.16. The summed E-state index contributed by atoms with van der Waals surface area (Å²) in [5, 5.41) is 3.30. The zero-order chi connectivity index (χ0) is 23.3. The van der Waals surface area contributed by atoms with Crippen LogP contribution in [0.25, 0.3) is 11.0 Å². The van der Waals surface area contributed by atoms with E-state index in [9.17, 15) is 19.2 Å². The molecule has 1 N–H and O–H groups in total. The molecule has 11 heteroatoms. The third-order valence-electron chi connectivity index (χ3n) is 4.46. The van der Waals surface area contributed by atoms with Crippen molar-refractivity contribution < 1.29 is 14.3 Å². The summed E-state index contributed by atoms with van der Waals surface area (Å²) in [6.45, 7) is 8.20. The minimum atomic E-state index is -0.504. The standard InChI is InChI=1S/C20H29N5O5S/c1-7-30-13(27)9-8-10-21-12(26)11-31-16-14-15(22-18(23-16)20(2,3)4)24(5)19(29)25(6)17(14)28/h7-11H2,1-6H3,(H,21,26). The smallest absolute Gasteiger partial charge is 0.332 e. The Bertz CT molecular complexity index is 1100. The Morgan fingerprint density at radius 3 is 2.42 bits per heavy atom. The maximum atomic E-state index is 12.8. The topological polar surface area (TPSA) is 125 Å². The van der Waals surface area contributed by atoms with Crippen LogP contribution in [-0.2, 0) is 33.8 Å². The van der Waals surface area contributed by atoms with E-state index in [0.29, 0.717) is 30.4 Å². The Morgan fingerprint density at radius 1 is 1.13 bits per heavy atom. The van der Waals surface area contributed by atoms with E-state index in [1.807, 2.05) is 20.8 Å². The summed E-state index contributed by atoms with van der Waals surface area (Å²) in [4.78, 5) is 57.7. The number of amides is 1. The molecule has 0 aliphatic carbocycles. The minimum Gasteiger partial charge on any atom is -0.466 e. The maximum Gasteiger partial charge on any atom is 0.332 e. The zero-order valence-electron chi connectivity index (χ0n) is 18.8. The van der Waals surface area contributed by atoms with Crippen molar-refractivity contribution in [1.82, 2.24) is 24.4 Å². The largest absolute Gasteiger partial charge is 0.466 e. The number of carbonyl (C=O) groups excluding carboxylic acids is 2. The van der Waals surface area contributed by atoms with E-state index in [0.717, 1.165) is 16.3 Å². The number of thioether (sulfide) groups is 1. The fraction of sp³-hybridized carbons (Fsp3) is 0.600. The van der Waals surface area contributed by atoms with E-state index < -0.39 is 16.7 Å². The van der Waals surface area contributed by atoms with Gasteiger partial charge < -0.3 is 10.1 Å². The second-order valence-electron chi connectivity index (χ2n) is 8.05. The van der Waals surface area contributed by atoms with Crippen LogP contribution in [0.5, 0.6) is 0 Å². The monoisotopic (exact) mass is 451 g/mol. The molecular formula is C20H29N5O5S. The second kappa shape index (κ2) is 10.1. The summed E-state index contributed by atoms with van der Waals surface area (Å²) in [6.07, 6.45) is 0.708. The zero-order valence-corrected chi connectivity index (χ0v) is 19.6. The van der Waals surface area contributed by atoms with Crippen LogP contribution < -0.4 is 16.6 Å². The van der Waals surface area contributed by atoms with Gasteiger partial charge in [-0.25, -0.2) is 14.8 Å². The number of aryl methyl sites for hydroxylation is 1. The van der Waals surface area contributed by atoms with Crippen molar-refractivity contribution in [2.75, 3.05) is 18.9 Å². The molecular weight excluding hydrogens is 422 g/mol. The number of carbonyl (C=O) groups is 2. The molecule has 0 bridgehead atoms. The lowest BCUT2D eigenvalue weighted by molar-refractivity contribution is -0.143. The summed E-state index contributed by atoms with van der Waals surface area (Å²) in [7, 11) is 2.95. The predicted octanol–water partition coefficient (Wildman–Crippen LogP) is 0.876. The molecule has 10 nitrogen and oxygen atoms in total. The van der Waals surface area contributed by atoms with Crippen molar-refractivity contribution in [3.8, 4) is 0 Å². The van der Waals surface area contributed by atoms with Gasteiger partial charge in [-0.05, 0) is 13.3 Å². The molecule has 0 fully saturated rings. The Labute approximate surface area is 184 Å². The van der Waals surface area contributed by atoms with Gasteiger partial charge in [-0.2, -0.15) is 0 Å². The molecule has 0 radical (unpaired) electrons. The molecule has 2 heterocycles. The number of hydrogen-bond acceptors (Lipinski definition) is 8. The fourth-order valence-corrected chi connectivity index (χ4v) is 3.59. The van der Waals surface area contributed by atoms with Gasteiger partial charge in [0.2, 0.25) is 5.91 Å². The molecule has 31 heavy (non-hydrogen) atoms. The van der Waals surface area contributed by atoms with Gasteiger partial charge in [0.25, 0.3) is 5.56 Å². The van der Waals surface area contributed by atoms with E-state index in [1.165, 1.54) is 11.6 Å². The normalized spacial score (nSPS) is 11.5. The van der Waals surface area contributed by atoms with E-state index in [2.05, 4.69) is 15.3 Å². The lowest BCUT2D eigenvalue weighted by Gasteiger charge is -2.19. The number of nitrogens with one attached hydrogen (secondary N) is 1. The number of fused-ring (bicyclic) bond motifs is 1. The van der Waals surface area contributed by atoms with Crippen LogP contribution in [-0.4, -0.2) is 49.9 Å². The van der Waals surface area contributed by atoms with Crippen molar-refractivity contribution in [2.45, 2.75) is 51.0 Å². The number of hydrogen-bond donors (Lipinski definition) is 1. The van der Waals surface area contributed by atoms with Gasteiger partial charge in [-0.1, -0.05) is 32.5 Å².